The van der Waals surface area contributed by atoms with E-state index in [1.165, 1.54) is 0 Å². The molecule has 12 heavy (non-hydrogen) atoms. The molecule has 0 radical (unpaired) electrons. The Hall–Kier alpha value is -0.770. The van der Waals surface area contributed by atoms with E-state index in [2.05, 4.69) is 12.2 Å². The number of amides is 1. The van der Waals surface area contributed by atoms with Crippen molar-refractivity contribution in [3.63, 3.8) is 0 Å². The van der Waals surface area contributed by atoms with Crippen LogP contribution in [0.15, 0.2) is 0 Å². The number of hydrogen-bond donors (Lipinski definition) is 2. The highest BCUT2D eigenvalue weighted by molar-refractivity contribution is 5.64. The highest BCUT2D eigenvalue weighted by Gasteiger charge is 2.24. The molecule has 1 saturated heterocycles. The molecular weight excluding hydrogens is 158 g/mol. The molecule has 1 fully saturated rings. The van der Waals surface area contributed by atoms with E-state index in [1.54, 1.807) is 0 Å². The van der Waals surface area contributed by atoms with Crippen LogP contribution in [0.5, 0.6) is 0 Å². The predicted octanol–water partition coefficient (Wildman–Crippen LogP) is 1.07. The van der Waals surface area contributed by atoms with E-state index in [0.29, 0.717) is 18.6 Å². The second-order valence-electron chi connectivity index (χ2n) is 3.32. The van der Waals surface area contributed by atoms with Crippen LogP contribution in [0.25, 0.3) is 0 Å². The Morgan fingerprint density at radius 2 is 2.50 bits per heavy atom. The summed E-state index contributed by atoms with van der Waals surface area (Å²) in [6.45, 7) is 3.55. The van der Waals surface area contributed by atoms with Crippen molar-refractivity contribution in [1.82, 2.24) is 5.32 Å². The number of nitrogens with one attached hydrogen (secondary N) is 1. The van der Waals surface area contributed by atoms with E-state index in [-0.39, 0.29) is 0 Å². The third kappa shape index (κ3) is 4.18. The van der Waals surface area contributed by atoms with Crippen LogP contribution in [0.4, 0.5) is 4.79 Å². The van der Waals surface area contributed by atoms with Gasteiger partial charge in [-0.1, -0.05) is 6.92 Å². The Balaban J connectivity index is 1.93. The van der Waals surface area contributed by atoms with E-state index < -0.39 is 6.09 Å². The quantitative estimate of drug-likeness (QED) is 0.611. The second kappa shape index (κ2) is 4.30. The number of carbonyl (C=O) groups is 1. The highest BCUT2D eigenvalue weighted by Crippen LogP contribution is 2.20. The summed E-state index contributed by atoms with van der Waals surface area (Å²) in [5.41, 5.74) is 0. The molecule has 0 unspecified atom stereocenters. The minimum atomic E-state index is -0.940. The molecule has 1 amide bonds. The van der Waals surface area contributed by atoms with Crippen LogP contribution < -0.4 is 5.32 Å². The van der Waals surface area contributed by atoms with Gasteiger partial charge in [0.15, 0.2) is 0 Å². The van der Waals surface area contributed by atoms with Crippen molar-refractivity contribution in [1.29, 1.82) is 0 Å². The topological polar surface area (TPSA) is 61.9 Å². The molecule has 4 heteroatoms. The normalized spacial score (nSPS) is 23.2. The molecule has 70 valence electrons. The van der Waals surface area contributed by atoms with Crippen molar-refractivity contribution >= 4 is 6.09 Å². The van der Waals surface area contributed by atoms with Crippen molar-refractivity contribution in [2.45, 2.75) is 25.9 Å². The molecule has 0 bridgehead atoms. The summed E-state index contributed by atoms with van der Waals surface area (Å²) in [5, 5.41) is 10.6. The Labute approximate surface area is 71.9 Å². The smallest absolute Gasteiger partial charge is 0.404 e. The maximum Gasteiger partial charge on any atom is 0.404 e. The minimum Gasteiger partial charge on any atom is -0.465 e. The third-order valence-corrected chi connectivity index (χ3v) is 1.98. The van der Waals surface area contributed by atoms with Gasteiger partial charge in [-0.05, 0) is 18.8 Å². The van der Waals surface area contributed by atoms with Gasteiger partial charge >= 0.3 is 6.09 Å². The van der Waals surface area contributed by atoms with Crippen LogP contribution in [0.3, 0.4) is 0 Å². The van der Waals surface area contributed by atoms with Gasteiger partial charge in [-0.25, -0.2) is 4.79 Å². The fourth-order valence-electron chi connectivity index (χ4n) is 1.20. The summed E-state index contributed by atoms with van der Waals surface area (Å²) in [7, 11) is 0. The van der Waals surface area contributed by atoms with E-state index in [9.17, 15) is 4.79 Å². The van der Waals surface area contributed by atoms with Gasteiger partial charge in [-0.15, -0.1) is 0 Å². The lowest BCUT2D eigenvalue weighted by Gasteiger charge is -2.08. The standard InChI is InChI=1S/C8H15NO3/c1-6(4-7-5-12-7)2-3-9-8(10)11/h6-7,9H,2-5H2,1H3,(H,10,11)/t6-,7-/m0/s1. The van der Waals surface area contributed by atoms with Crippen LogP contribution in [0.2, 0.25) is 0 Å². The van der Waals surface area contributed by atoms with Crippen molar-refractivity contribution in [2.75, 3.05) is 13.2 Å². The molecule has 1 rings (SSSR count). The zero-order valence-electron chi connectivity index (χ0n) is 7.25. The Kier molecular flexibility index (Phi) is 3.34. The molecular formula is C8H15NO3. The first-order chi connectivity index (χ1) is 5.68. The SMILES string of the molecule is C[C@@H](CCNC(=O)O)C[C@H]1CO1. The minimum absolute atomic E-state index is 0.449. The van der Waals surface area contributed by atoms with Gasteiger partial charge < -0.3 is 15.2 Å². The van der Waals surface area contributed by atoms with Crippen LogP contribution in [-0.4, -0.2) is 30.5 Å². The maximum atomic E-state index is 10.1. The first-order valence-corrected chi connectivity index (χ1v) is 4.27. The molecule has 0 aliphatic carbocycles. The number of carboxylic acid groups (broad SMARTS) is 1. The lowest BCUT2D eigenvalue weighted by molar-refractivity contribution is 0.193. The molecule has 2 atom stereocenters. The number of hydrogen-bond acceptors (Lipinski definition) is 2. The van der Waals surface area contributed by atoms with Gasteiger partial charge in [0, 0.05) is 6.54 Å². The zero-order valence-corrected chi connectivity index (χ0v) is 7.25. The van der Waals surface area contributed by atoms with Gasteiger partial charge in [0.25, 0.3) is 0 Å². The lowest BCUT2D eigenvalue weighted by atomic mass is 10.0. The van der Waals surface area contributed by atoms with E-state index in [4.69, 9.17) is 9.84 Å². The van der Waals surface area contributed by atoms with E-state index in [1.807, 2.05) is 0 Å². The van der Waals surface area contributed by atoms with E-state index >= 15 is 0 Å². The van der Waals surface area contributed by atoms with Crippen LogP contribution >= 0.6 is 0 Å². The molecule has 1 aliphatic rings. The van der Waals surface area contributed by atoms with Crippen molar-refractivity contribution in [3.05, 3.63) is 0 Å². The summed E-state index contributed by atoms with van der Waals surface area (Å²) in [4.78, 5) is 10.1. The molecule has 0 spiro atoms. The zero-order chi connectivity index (χ0) is 8.97. The summed E-state index contributed by atoms with van der Waals surface area (Å²) in [5.74, 6) is 0.546. The fourth-order valence-corrected chi connectivity index (χ4v) is 1.20. The van der Waals surface area contributed by atoms with Crippen molar-refractivity contribution in [2.24, 2.45) is 5.92 Å². The summed E-state index contributed by atoms with van der Waals surface area (Å²) in [6.07, 6.45) is 1.46. The average Bonchev–Trinajstić information content (AvgIpc) is 2.70. The molecule has 0 saturated carbocycles. The monoisotopic (exact) mass is 173 g/mol. The first kappa shape index (κ1) is 9.32. The Bertz CT molecular complexity index is 156. The Morgan fingerprint density at radius 3 is 3.00 bits per heavy atom. The molecule has 4 nitrogen and oxygen atoms in total. The van der Waals surface area contributed by atoms with Crippen molar-refractivity contribution < 1.29 is 14.6 Å². The second-order valence-corrected chi connectivity index (χ2v) is 3.32. The molecule has 0 aromatic rings. The predicted molar refractivity (Wildman–Crippen MR) is 44.2 cm³/mol. The number of epoxide rings is 1. The summed E-state index contributed by atoms with van der Waals surface area (Å²) < 4.78 is 5.07. The van der Waals surface area contributed by atoms with Crippen molar-refractivity contribution in [3.8, 4) is 0 Å². The first-order valence-electron chi connectivity index (χ1n) is 4.27. The molecule has 1 aliphatic heterocycles. The summed E-state index contributed by atoms with van der Waals surface area (Å²) in [6, 6.07) is 0. The third-order valence-electron chi connectivity index (χ3n) is 1.98. The summed E-state index contributed by atoms with van der Waals surface area (Å²) >= 11 is 0. The van der Waals surface area contributed by atoms with Gasteiger partial charge in [-0.2, -0.15) is 0 Å². The lowest BCUT2D eigenvalue weighted by Crippen LogP contribution is -2.23. The van der Waals surface area contributed by atoms with Gasteiger partial charge in [0.1, 0.15) is 0 Å². The molecule has 1 heterocycles. The van der Waals surface area contributed by atoms with Gasteiger partial charge in [-0.3, -0.25) is 0 Å². The van der Waals surface area contributed by atoms with Crippen LogP contribution in [0.1, 0.15) is 19.8 Å². The van der Waals surface area contributed by atoms with Crippen LogP contribution in [0, 0.1) is 5.92 Å². The van der Waals surface area contributed by atoms with Crippen LogP contribution in [-0.2, 0) is 4.74 Å². The number of rotatable bonds is 5. The molecule has 0 aromatic heterocycles. The molecule has 2 N–H and O–H groups in total. The Morgan fingerprint density at radius 1 is 1.83 bits per heavy atom. The van der Waals surface area contributed by atoms with Gasteiger partial charge in [0.05, 0.1) is 12.7 Å². The van der Waals surface area contributed by atoms with E-state index in [0.717, 1.165) is 19.4 Å². The maximum absolute atomic E-state index is 10.1. The average molecular weight is 173 g/mol. The number of ether oxygens (including phenoxy) is 1. The molecule has 0 aromatic carbocycles. The largest absolute Gasteiger partial charge is 0.465 e. The van der Waals surface area contributed by atoms with Gasteiger partial charge in [0.2, 0.25) is 0 Å². The highest BCUT2D eigenvalue weighted by atomic mass is 16.6. The fraction of sp³-hybridized carbons (Fsp3) is 0.875.